The normalized spacial score (nSPS) is 45.1. The first kappa shape index (κ1) is 28.1. The third-order valence-electron chi connectivity index (χ3n) is 11.1. The van der Waals surface area contributed by atoms with Crippen LogP contribution in [0.5, 0.6) is 0 Å². The van der Waals surface area contributed by atoms with Crippen LogP contribution in [0.15, 0.2) is 49.6 Å². The summed E-state index contributed by atoms with van der Waals surface area (Å²) in [6, 6.07) is 0. The van der Waals surface area contributed by atoms with E-state index in [1.165, 1.54) is 59.1 Å². The molecule has 0 aromatic carbocycles. The Morgan fingerprint density at radius 3 is 1.16 bits per heavy atom. The minimum atomic E-state index is -2.33. The zero-order valence-electron chi connectivity index (χ0n) is 91.7. The maximum atomic E-state index is 11.8. The van der Waals surface area contributed by atoms with Gasteiger partial charge in [-0.25, -0.2) is 0 Å². The average Bonchev–Trinajstić information content (AvgIpc) is 1.61. The molecule has 0 atom stereocenters. The number of ketones is 2. The van der Waals surface area contributed by atoms with Crippen LogP contribution in [-0.4, -0.2) is 73.9 Å². The third-order valence-corrected chi connectivity index (χ3v) is 11.1. The Bertz CT molecular complexity index is 3570. The quantitative estimate of drug-likeness (QED) is 0.160. The number of hydrogen-bond donors (Lipinski definition) is 0. The summed E-state index contributed by atoms with van der Waals surface area (Å²) >= 11 is 0. The highest BCUT2D eigenvalue weighted by atomic mass is 16.5. The molecule has 0 unspecified atom stereocenters. The number of Topliss-reactive ketones (excluding diaryl/α,β-unsaturated/α-hetero) is 2. The molecule has 0 bridgehead atoms. The molecule has 0 spiro atoms. The van der Waals surface area contributed by atoms with Crippen LogP contribution in [0.25, 0.3) is 0 Å². The molecule has 0 N–H and O–H groups in total. The standard InChI is InChI=1S/C9H16O2.2C8H15NO.2C8H14.2C7H12O.2C7H12/c1-3-11-8(10)9(2)6-4-5-7-9;2*1-9(2)8(10)7-5-3-4-6-7;2*1-2-5-8-6-3-4-7-8;2*1-6(8)7-4-2-3-5-7;2*1-2-7-5-3-4-6-7/h3-7H2,1-2H3;2*7H,3-6H2,1-2H3;2*2,5,8H,3-4,6-7H2,1H3;2*7H,2-5H2,1H3;2*2,7H,1,3-6H2/i6D2,7D2;5D2,6D2,7D;3D2,4D2,7D;6D2,7D2,8D;3D2,4D2,8D;4D2,5D2,7D;2D2,3D2,7D;5D2,6D2,7D;3D2,4D2,7D. The number of allylic oxidation sites excluding steroid dienone is 6. The van der Waals surface area contributed by atoms with Gasteiger partial charge in [-0.2, -0.15) is 0 Å². The molecule has 9 rings (SSSR count). The largest absolute Gasteiger partial charge is 0.466 e. The van der Waals surface area contributed by atoms with Gasteiger partial charge in [-0.3, -0.25) is 24.0 Å². The number of esters is 1. The highest BCUT2D eigenvalue weighted by Gasteiger charge is 2.37. The Morgan fingerprint density at radius 1 is 0.494 bits per heavy atom. The fourth-order valence-corrected chi connectivity index (χ4v) is 6.79. The maximum Gasteiger partial charge on any atom is 0.311 e. The van der Waals surface area contributed by atoms with E-state index < -0.39 is 197 Å². The molecular formula is C69H122N2O6. The van der Waals surface area contributed by atoms with Crippen molar-refractivity contribution >= 4 is 29.4 Å². The number of rotatable bonds is 10. The van der Waals surface area contributed by atoms with Crippen molar-refractivity contribution in [3.8, 4) is 0 Å². The van der Waals surface area contributed by atoms with E-state index in [9.17, 15) is 24.0 Å². The minimum absolute atomic E-state index is 0.0509. The zero-order chi connectivity index (χ0) is 96.9. The number of hydrogen-bond acceptors (Lipinski definition) is 6. The Morgan fingerprint density at radius 2 is 0.831 bits per heavy atom. The molecular weight excluding hydrogens is 953 g/mol. The van der Waals surface area contributed by atoms with Gasteiger partial charge >= 0.3 is 5.97 Å². The Hall–Kier alpha value is -3.29. The molecule has 0 aromatic rings. The molecule has 0 aliphatic heterocycles. The number of amides is 2. The molecule has 77 heavy (non-hydrogen) atoms. The fraction of sp³-hybridized carbons (Fsp3) is 0.812. The first-order chi connectivity index (χ1) is 53.0. The van der Waals surface area contributed by atoms with Gasteiger partial charge < -0.3 is 14.5 Å². The van der Waals surface area contributed by atoms with E-state index in [0.717, 1.165) is 17.9 Å². The van der Waals surface area contributed by atoms with Crippen LogP contribution in [0.1, 0.15) is 332 Å². The summed E-state index contributed by atoms with van der Waals surface area (Å²) in [5.74, 6) is -16.9. The molecule has 9 aliphatic carbocycles. The summed E-state index contributed by atoms with van der Waals surface area (Å²) in [5.41, 5.74) is -1.70. The SMILES string of the molecule is [2H]C1(C(=O)N(C)C)CC([2H])([2H])C([2H])([2H])C1.[2H]C1(C(C)=O)CC([2H])([2H])C([2H])([2H])C1.[2H]C1(C=C)CC([2H])([2H])C([2H])([2H])C1.[2H]C1(C=CC)CC([2H])([2H])C([2H])([2H])C1.[2H]C1([2H])CCC([2H])([2H])C1(C)C(=O)OCC.[2H]C1([2H])CCC([2H])([2H])C1([2H])C(=O)N(C)C.[2H]C1([2H])CCC([2H])([2H])C1([2H])C(C)=O.[2H]C1([2H])CCC([2H])([2H])C1([2H])C=C.[2H]C1([2H])CCC([2H])([2H])C1([2H])C=CC. The van der Waals surface area contributed by atoms with Crippen molar-refractivity contribution in [1.82, 2.24) is 9.80 Å². The second-order valence-electron chi connectivity index (χ2n) is 18.0. The van der Waals surface area contributed by atoms with Crippen molar-refractivity contribution in [2.24, 2.45) is 52.6 Å². The molecule has 0 heterocycles. The predicted molar refractivity (Wildman–Crippen MR) is 328 cm³/mol. The minimum Gasteiger partial charge on any atom is -0.466 e. The smallest absolute Gasteiger partial charge is 0.311 e. The van der Waals surface area contributed by atoms with Crippen molar-refractivity contribution in [3.63, 3.8) is 0 Å². The second kappa shape index (κ2) is 44.5. The van der Waals surface area contributed by atoms with Crippen LogP contribution in [0.2, 0.25) is 0 Å². The average molecular weight is 1120 g/mol. The summed E-state index contributed by atoms with van der Waals surface area (Å²) in [6.45, 7) is 15.6. The van der Waals surface area contributed by atoms with Crippen molar-refractivity contribution in [2.75, 3.05) is 34.8 Å². The highest BCUT2D eigenvalue weighted by Crippen LogP contribution is 2.38. The van der Waals surface area contributed by atoms with E-state index in [2.05, 4.69) is 13.2 Å². The number of ether oxygens (including phenoxy) is 1. The lowest BCUT2D eigenvalue weighted by molar-refractivity contribution is -0.154. The van der Waals surface area contributed by atoms with Gasteiger partial charge in [0, 0.05) is 112 Å². The lowest BCUT2D eigenvalue weighted by Crippen LogP contribution is -2.27. The van der Waals surface area contributed by atoms with Gasteiger partial charge in [-0.05, 0) is 180 Å². The summed E-state index contributed by atoms with van der Waals surface area (Å²) in [4.78, 5) is 59.5. The first-order valence-corrected chi connectivity index (χ1v) is 26.2. The summed E-state index contributed by atoms with van der Waals surface area (Å²) in [5, 5.41) is 0. The van der Waals surface area contributed by atoms with Crippen LogP contribution in [-0.2, 0) is 28.7 Å². The molecule has 9 fully saturated rings. The van der Waals surface area contributed by atoms with Gasteiger partial charge in [-0.1, -0.05) is 152 Å². The van der Waals surface area contributed by atoms with E-state index in [-0.39, 0.29) is 122 Å². The highest BCUT2D eigenvalue weighted by molar-refractivity contribution is 5.79. The third kappa shape index (κ3) is 33.2. The molecule has 9 saturated carbocycles. The molecule has 0 saturated heterocycles. The lowest BCUT2D eigenvalue weighted by Gasteiger charge is -2.20. The maximum absolute atomic E-state index is 11.8. The van der Waals surface area contributed by atoms with Gasteiger partial charge in [0.25, 0.3) is 0 Å². The predicted octanol–water partition coefficient (Wildman–Crippen LogP) is 18.4. The van der Waals surface area contributed by atoms with Crippen LogP contribution in [0, 0.1) is 52.6 Å². The zero-order valence-corrected chi connectivity index (χ0v) is 47.7. The van der Waals surface area contributed by atoms with Crippen LogP contribution in [0.3, 0.4) is 0 Å². The monoisotopic (exact) mass is 1120 g/mol. The summed E-state index contributed by atoms with van der Waals surface area (Å²) in [7, 11) is 5.79. The van der Waals surface area contributed by atoms with E-state index in [1.54, 1.807) is 39.0 Å². The van der Waals surface area contributed by atoms with E-state index in [1.807, 2.05) is 0 Å². The Balaban J connectivity index is 0.000000681. The van der Waals surface area contributed by atoms with Crippen molar-refractivity contribution in [3.05, 3.63) is 49.6 Å². The van der Waals surface area contributed by atoms with E-state index in [4.69, 9.17) is 65.1 Å². The molecule has 9 aliphatic rings. The van der Waals surface area contributed by atoms with Gasteiger partial charge in [0.1, 0.15) is 11.6 Å². The van der Waals surface area contributed by atoms with Crippen molar-refractivity contribution < 1.29 is 89.0 Å². The van der Waals surface area contributed by atoms with E-state index in [0.29, 0.717) is 0 Å². The Labute approximate surface area is 537 Å². The second-order valence-corrected chi connectivity index (χ2v) is 18.0. The number of carbonyl (C=O) groups excluding carboxylic acids is 5. The van der Waals surface area contributed by atoms with Crippen LogP contribution < -0.4 is 0 Å². The first-order valence-electron chi connectivity index (χ1n) is 48.2. The van der Waals surface area contributed by atoms with Crippen LogP contribution >= 0.6 is 0 Å². The molecule has 444 valence electrons. The molecule has 8 nitrogen and oxygen atoms in total. The summed E-state index contributed by atoms with van der Waals surface area (Å²) < 4.78 is 337. The molecule has 0 aromatic heterocycles. The van der Waals surface area contributed by atoms with Gasteiger partial charge in [0.15, 0.2) is 0 Å². The van der Waals surface area contributed by atoms with E-state index >= 15 is 0 Å². The van der Waals surface area contributed by atoms with Crippen molar-refractivity contribution in [2.45, 2.75) is 272 Å². The molecule has 8 heteroatoms. The molecule has 0 radical (unpaired) electrons. The van der Waals surface area contributed by atoms with Gasteiger partial charge in [0.05, 0.1) is 12.0 Å². The van der Waals surface area contributed by atoms with Gasteiger partial charge in [-0.15, -0.1) is 13.2 Å². The van der Waals surface area contributed by atoms with Gasteiger partial charge in [0.2, 0.25) is 11.8 Å². The lowest BCUT2D eigenvalue weighted by atomic mass is 9.89. The number of carbonyl (C=O) groups is 5. The fourth-order valence-electron chi connectivity index (χ4n) is 6.79. The Kier molecular flexibility index (Phi) is 16.2. The molecule has 2 amide bonds. The van der Waals surface area contributed by atoms with Crippen LogP contribution in [0.4, 0.5) is 0 Å². The topological polar surface area (TPSA) is 101 Å². The van der Waals surface area contributed by atoms with Crippen molar-refractivity contribution in [1.29, 1.82) is 0 Å². The number of nitrogens with zero attached hydrogens (tertiary/aromatic N) is 2. The summed E-state index contributed by atoms with van der Waals surface area (Å²) in [6.07, 6.45) is -28.1.